The molecule has 86 valence electrons. The maximum Gasteiger partial charge on any atom is 0.0116 e. The molecule has 0 aromatic heterocycles. The molecular weight excluding hydrogens is 172 g/mol. The van der Waals surface area contributed by atoms with Gasteiger partial charge < -0.3 is 9.80 Å². The van der Waals surface area contributed by atoms with Gasteiger partial charge in [0.05, 0.1) is 0 Å². The molecule has 0 saturated carbocycles. The summed E-state index contributed by atoms with van der Waals surface area (Å²) < 4.78 is 0. The van der Waals surface area contributed by atoms with Crippen molar-refractivity contribution in [3.63, 3.8) is 0 Å². The monoisotopic (exact) mass is 200 g/mol. The highest BCUT2D eigenvalue weighted by Gasteiger charge is 2.19. The average Bonchev–Trinajstić information content (AvgIpc) is 2.31. The van der Waals surface area contributed by atoms with Crippen molar-refractivity contribution in [3.8, 4) is 0 Å². The van der Waals surface area contributed by atoms with E-state index in [0.717, 1.165) is 6.04 Å². The van der Waals surface area contributed by atoms with Crippen LogP contribution in [0.5, 0.6) is 0 Å². The molecule has 0 spiro atoms. The Hall–Kier alpha value is -0.0800. The van der Waals surface area contributed by atoms with Gasteiger partial charge in [-0.1, -0.05) is 27.7 Å². The smallest absolute Gasteiger partial charge is 0.0116 e. The topological polar surface area (TPSA) is 6.48 Å². The maximum atomic E-state index is 2.54. The normalized spacial score (nSPS) is 19.3. The van der Waals surface area contributed by atoms with Gasteiger partial charge >= 0.3 is 0 Å². The number of hydrogen-bond acceptors (Lipinski definition) is 2. The van der Waals surface area contributed by atoms with E-state index in [9.17, 15) is 0 Å². The minimum atomic E-state index is 0.845. The summed E-state index contributed by atoms with van der Waals surface area (Å²) >= 11 is 0. The molecule has 1 saturated heterocycles. The zero-order valence-electron chi connectivity index (χ0n) is 10.7. The molecule has 0 aromatic carbocycles. The van der Waals surface area contributed by atoms with E-state index >= 15 is 0 Å². The van der Waals surface area contributed by atoms with Gasteiger partial charge in [0.25, 0.3) is 0 Å². The first-order valence-corrected chi connectivity index (χ1v) is 6.20. The summed E-state index contributed by atoms with van der Waals surface area (Å²) in [6.07, 6.45) is 2.72. The Morgan fingerprint density at radius 3 is 2.00 bits per heavy atom. The molecule has 1 fully saturated rings. The molecule has 14 heavy (non-hydrogen) atoms. The number of nitrogens with zero attached hydrogens (tertiary/aromatic N) is 2. The van der Waals surface area contributed by atoms with E-state index in [1.807, 2.05) is 13.8 Å². The van der Waals surface area contributed by atoms with E-state index < -0.39 is 0 Å². The predicted molar refractivity (Wildman–Crippen MR) is 64.8 cm³/mol. The van der Waals surface area contributed by atoms with E-state index in [-0.39, 0.29) is 0 Å². The molecule has 1 aliphatic rings. The van der Waals surface area contributed by atoms with E-state index in [4.69, 9.17) is 0 Å². The Morgan fingerprint density at radius 1 is 1.14 bits per heavy atom. The van der Waals surface area contributed by atoms with Gasteiger partial charge in [-0.05, 0) is 46.1 Å². The fourth-order valence-electron chi connectivity index (χ4n) is 1.93. The highest BCUT2D eigenvalue weighted by Crippen LogP contribution is 2.14. The lowest BCUT2D eigenvalue weighted by atomic mass is 10.0. The summed E-state index contributed by atoms with van der Waals surface area (Å²) in [6, 6.07) is 0.845. The summed E-state index contributed by atoms with van der Waals surface area (Å²) in [6.45, 7) is 13.5. The SMILES string of the molecule is CC.CCN1CCC(N(C)CC)CC1. The molecule has 2 nitrogen and oxygen atoms in total. The molecule has 1 aliphatic heterocycles. The molecular formula is C12H28N2. The Labute approximate surface area is 90.3 Å². The minimum absolute atomic E-state index is 0.845. The largest absolute Gasteiger partial charge is 0.304 e. The second-order valence-electron chi connectivity index (χ2n) is 3.74. The minimum Gasteiger partial charge on any atom is -0.304 e. The van der Waals surface area contributed by atoms with Crippen LogP contribution in [-0.4, -0.2) is 49.1 Å². The third kappa shape index (κ3) is 4.43. The molecule has 0 N–H and O–H groups in total. The lowest BCUT2D eigenvalue weighted by Crippen LogP contribution is -2.43. The lowest BCUT2D eigenvalue weighted by Gasteiger charge is -2.35. The number of piperidine rings is 1. The second kappa shape index (κ2) is 8.25. The second-order valence-corrected chi connectivity index (χ2v) is 3.74. The Morgan fingerprint density at radius 2 is 1.64 bits per heavy atom. The van der Waals surface area contributed by atoms with Crippen LogP contribution in [0.1, 0.15) is 40.5 Å². The Balaban J connectivity index is 0.000000791. The van der Waals surface area contributed by atoms with Gasteiger partial charge in [-0.15, -0.1) is 0 Å². The fraction of sp³-hybridized carbons (Fsp3) is 1.00. The van der Waals surface area contributed by atoms with Crippen molar-refractivity contribution >= 4 is 0 Å². The van der Waals surface area contributed by atoms with Crippen molar-refractivity contribution in [3.05, 3.63) is 0 Å². The quantitative estimate of drug-likeness (QED) is 0.690. The lowest BCUT2D eigenvalue weighted by molar-refractivity contribution is 0.136. The highest BCUT2D eigenvalue weighted by atomic mass is 15.2. The van der Waals surface area contributed by atoms with Crippen LogP contribution in [0.3, 0.4) is 0 Å². The van der Waals surface area contributed by atoms with Gasteiger partial charge in [-0.3, -0.25) is 0 Å². The van der Waals surface area contributed by atoms with Crippen LogP contribution in [0.2, 0.25) is 0 Å². The van der Waals surface area contributed by atoms with Crippen molar-refractivity contribution < 1.29 is 0 Å². The molecule has 0 radical (unpaired) electrons. The third-order valence-corrected chi connectivity index (χ3v) is 3.13. The van der Waals surface area contributed by atoms with Crippen molar-refractivity contribution in [2.24, 2.45) is 0 Å². The van der Waals surface area contributed by atoms with Crippen molar-refractivity contribution in [2.75, 3.05) is 33.2 Å². The fourth-order valence-corrected chi connectivity index (χ4v) is 1.93. The van der Waals surface area contributed by atoms with E-state index in [1.54, 1.807) is 0 Å². The van der Waals surface area contributed by atoms with Crippen LogP contribution in [0.25, 0.3) is 0 Å². The first-order valence-electron chi connectivity index (χ1n) is 6.20. The van der Waals surface area contributed by atoms with E-state index in [2.05, 4.69) is 30.7 Å². The molecule has 0 aliphatic carbocycles. The highest BCUT2D eigenvalue weighted by molar-refractivity contribution is 4.76. The summed E-state index contributed by atoms with van der Waals surface area (Å²) in [5.41, 5.74) is 0. The van der Waals surface area contributed by atoms with Crippen molar-refractivity contribution in [2.45, 2.75) is 46.6 Å². The van der Waals surface area contributed by atoms with Crippen LogP contribution in [0.4, 0.5) is 0 Å². The first-order chi connectivity index (χ1) is 6.77. The standard InChI is InChI=1S/C10H22N2.C2H6/c1-4-11(3)10-6-8-12(5-2)9-7-10;1-2/h10H,4-9H2,1-3H3;1-2H3. The molecule has 0 atom stereocenters. The van der Waals surface area contributed by atoms with Gasteiger partial charge in [-0.25, -0.2) is 0 Å². The van der Waals surface area contributed by atoms with Gasteiger partial charge in [-0.2, -0.15) is 0 Å². The average molecular weight is 200 g/mol. The zero-order valence-corrected chi connectivity index (χ0v) is 10.7. The van der Waals surface area contributed by atoms with Crippen LogP contribution < -0.4 is 0 Å². The molecule has 0 bridgehead atoms. The van der Waals surface area contributed by atoms with Crippen LogP contribution in [0.15, 0.2) is 0 Å². The molecule has 2 heteroatoms. The van der Waals surface area contributed by atoms with Crippen molar-refractivity contribution in [1.82, 2.24) is 9.80 Å². The summed E-state index contributed by atoms with van der Waals surface area (Å²) in [4.78, 5) is 5.02. The summed E-state index contributed by atoms with van der Waals surface area (Å²) in [7, 11) is 2.24. The first kappa shape index (κ1) is 13.9. The van der Waals surface area contributed by atoms with Crippen molar-refractivity contribution in [1.29, 1.82) is 0 Å². The zero-order chi connectivity index (χ0) is 11.0. The van der Waals surface area contributed by atoms with Crippen LogP contribution in [-0.2, 0) is 0 Å². The molecule has 0 unspecified atom stereocenters. The van der Waals surface area contributed by atoms with Crippen LogP contribution >= 0.6 is 0 Å². The molecule has 1 rings (SSSR count). The Kier molecular flexibility index (Phi) is 8.20. The van der Waals surface area contributed by atoms with Gasteiger partial charge in [0.2, 0.25) is 0 Å². The third-order valence-electron chi connectivity index (χ3n) is 3.13. The summed E-state index contributed by atoms with van der Waals surface area (Å²) in [5, 5.41) is 0. The maximum absolute atomic E-state index is 2.54. The number of rotatable bonds is 3. The van der Waals surface area contributed by atoms with Crippen LogP contribution in [0, 0.1) is 0 Å². The predicted octanol–water partition coefficient (Wildman–Crippen LogP) is 2.45. The van der Waals surface area contributed by atoms with E-state index in [1.165, 1.54) is 39.0 Å². The number of hydrogen-bond donors (Lipinski definition) is 0. The molecule has 0 amide bonds. The Bertz CT molecular complexity index is 117. The summed E-state index contributed by atoms with van der Waals surface area (Å²) in [5.74, 6) is 0. The van der Waals surface area contributed by atoms with Gasteiger partial charge in [0.1, 0.15) is 0 Å². The molecule has 1 heterocycles. The van der Waals surface area contributed by atoms with Gasteiger partial charge in [0.15, 0.2) is 0 Å². The van der Waals surface area contributed by atoms with Gasteiger partial charge in [0, 0.05) is 6.04 Å². The number of likely N-dealkylation sites (tertiary alicyclic amines) is 1. The molecule has 0 aromatic rings. The van der Waals surface area contributed by atoms with E-state index in [0.29, 0.717) is 0 Å².